The summed E-state index contributed by atoms with van der Waals surface area (Å²) < 4.78 is 0. The third-order valence-electron chi connectivity index (χ3n) is 0.873. The number of nitriles is 1. The maximum absolute atomic E-state index is 8.06. The van der Waals surface area contributed by atoms with Gasteiger partial charge in [0, 0.05) is 11.8 Å². The third-order valence-corrected chi connectivity index (χ3v) is 0.873. The van der Waals surface area contributed by atoms with Crippen molar-refractivity contribution in [2.75, 3.05) is 0 Å². The molecule has 0 rings (SSSR count). The van der Waals surface area contributed by atoms with Gasteiger partial charge in [0.15, 0.2) is 0 Å². The van der Waals surface area contributed by atoms with E-state index in [-0.39, 0.29) is 0 Å². The molecular formula is C6H8N2. The van der Waals surface area contributed by atoms with Crippen LogP contribution in [0.3, 0.4) is 0 Å². The minimum absolute atomic E-state index is 0.451. The Hall–Kier alpha value is -1.10. The number of hydrogen-bond donors (Lipinski definition) is 1. The first kappa shape index (κ1) is 6.90. The third kappa shape index (κ3) is 2.14. The Balaban J connectivity index is 4.06. The van der Waals surface area contributed by atoms with Crippen LogP contribution < -0.4 is 0 Å². The Kier molecular flexibility index (Phi) is 2.57. The van der Waals surface area contributed by atoms with Crippen LogP contribution in [0.15, 0.2) is 11.6 Å². The van der Waals surface area contributed by atoms with Gasteiger partial charge < -0.3 is 5.41 Å². The lowest BCUT2D eigenvalue weighted by Crippen LogP contribution is -1.87. The Morgan fingerprint density at radius 1 is 1.62 bits per heavy atom. The van der Waals surface area contributed by atoms with Crippen molar-refractivity contribution in [3.63, 3.8) is 0 Å². The first-order valence-corrected chi connectivity index (χ1v) is 2.30. The van der Waals surface area contributed by atoms with E-state index in [0.717, 1.165) is 5.57 Å². The molecule has 8 heavy (non-hydrogen) atoms. The van der Waals surface area contributed by atoms with E-state index in [9.17, 15) is 0 Å². The molecule has 0 aromatic carbocycles. The number of nitrogens with one attached hydrogen (secondary N) is 1. The van der Waals surface area contributed by atoms with Crippen molar-refractivity contribution in [2.24, 2.45) is 0 Å². The molecule has 0 radical (unpaired) electrons. The first-order valence-electron chi connectivity index (χ1n) is 2.30. The molecule has 2 nitrogen and oxygen atoms in total. The second-order valence-corrected chi connectivity index (χ2v) is 1.58. The Morgan fingerprint density at radius 3 is 2.25 bits per heavy atom. The van der Waals surface area contributed by atoms with Crippen molar-refractivity contribution in [1.82, 2.24) is 0 Å². The smallest absolute Gasteiger partial charge is 0.0915 e. The van der Waals surface area contributed by atoms with Gasteiger partial charge in [-0.1, -0.05) is 0 Å². The maximum Gasteiger partial charge on any atom is 0.0915 e. The molecule has 1 N–H and O–H groups in total. The average molecular weight is 108 g/mol. The molecule has 0 aliphatic carbocycles. The molecule has 0 atom stereocenters. The molecule has 0 bridgehead atoms. The summed E-state index contributed by atoms with van der Waals surface area (Å²) in [5.41, 5.74) is 1.18. The second-order valence-electron chi connectivity index (χ2n) is 1.58. The predicted molar refractivity (Wildman–Crippen MR) is 32.8 cm³/mol. The molecule has 42 valence electrons. The maximum atomic E-state index is 8.06. The minimum atomic E-state index is 0.451. The summed E-state index contributed by atoms with van der Waals surface area (Å²) in [6.07, 6.45) is 1.36. The first-order chi connectivity index (χ1) is 3.68. The highest BCUT2D eigenvalue weighted by Crippen LogP contribution is 1.90. The summed E-state index contributed by atoms with van der Waals surface area (Å²) in [5.74, 6) is 0. The average Bonchev–Trinajstić information content (AvgIpc) is 1.67. The zero-order valence-electron chi connectivity index (χ0n) is 5.02. The Bertz CT molecular complexity index is 160. The van der Waals surface area contributed by atoms with Crippen LogP contribution in [0, 0.1) is 16.7 Å². The van der Waals surface area contributed by atoms with Crippen LogP contribution in [0.2, 0.25) is 0 Å². The van der Waals surface area contributed by atoms with Gasteiger partial charge >= 0.3 is 0 Å². The lowest BCUT2D eigenvalue weighted by molar-refractivity contribution is 1.41. The van der Waals surface area contributed by atoms with Crippen molar-refractivity contribution < 1.29 is 0 Å². The van der Waals surface area contributed by atoms with Gasteiger partial charge in [0.1, 0.15) is 0 Å². The van der Waals surface area contributed by atoms with E-state index in [1.807, 2.05) is 6.07 Å². The number of hydrogen-bond acceptors (Lipinski definition) is 2. The largest absolute Gasteiger partial charge is 0.305 e. The van der Waals surface area contributed by atoms with Crippen molar-refractivity contribution in [1.29, 1.82) is 10.7 Å². The van der Waals surface area contributed by atoms with Gasteiger partial charge in [-0.15, -0.1) is 0 Å². The Labute approximate surface area is 49.0 Å². The highest BCUT2D eigenvalue weighted by Gasteiger charge is 1.86. The van der Waals surface area contributed by atoms with Crippen molar-refractivity contribution in [2.45, 2.75) is 13.8 Å². The zero-order valence-corrected chi connectivity index (χ0v) is 5.02. The highest BCUT2D eigenvalue weighted by atomic mass is 14.4. The molecule has 0 aliphatic heterocycles. The minimum Gasteiger partial charge on any atom is -0.305 e. The molecule has 0 amide bonds. The van der Waals surface area contributed by atoms with E-state index < -0.39 is 0 Å². The van der Waals surface area contributed by atoms with E-state index >= 15 is 0 Å². The standard InChI is InChI=1S/C6H8N2/c1-5(3-4-7)6(2)8/h3,8H,1-2H3/b5-3+,8-6?. The highest BCUT2D eigenvalue weighted by molar-refractivity contribution is 5.95. The Morgan fingerprint density at radius 2 is 2.12 bits per heavy atom. The monoisotopic (exact) mass is 108 g/mol. The summed E-state index contributed by atoms with van der Waals surface area (Å²) in [7, 11) is 0. The number of rotatable bonds is 1. The van der Waals surface area contributed by atoms with Gasteiger partial charge in [0.05, 0.1) is 6.07 Å². The summed E-state index contributed by atoms with van der Waals surface area (Å²) in [6.45, 7) is 3.40. The van der Waals surface area contributed by atoms with Gasteiger partial charge in [-0.2, -0.15) is 5.26 Å². The molecule has 0 spiro atoms. The molecule has 0 unspecified atom stereocenters. The van der Waals surface area contributed by atoms with Gasteiger partial charge in [-0.05, 0) is 19.4 Å². The fourth-order valence-electron chi connectivity index (χ4n) is 0.205. The van der Waals surface area contributed by atoms with Crippen LogP contribution in [-0.2, 0) is 0 Å². The van der Waals surface area contributed by atoms with Crippen LogP contribution >= 0.6 is 0 Å². The van der Waals surface area contributed by atoms with E-state index in [2.05, 4.69) is 0 Å². The van der Waals surface area contributed by atoms with Crippen LogP contribution in [-0.4, -0.2) is 5.71 Å². The molecule has 0 saturated carbocycles. The molecule has 0 aliphatic rings. The molecule has 0 heterocycles. The van der Waals surface area contributed by atoms with Gasteiger partial charge in [-0.25, -0.2) is 0 Å². The van der Waals surface area contributed by atoms with Crippen LogP contribution in [0.25, 0.3) is 0 Å². The van der Waals surface area contributed by atoms with Crippen molar-refractivity contribution in [3.05, 3.63) is 11.6 Å². The fourth-order valence-corrected chi connectivity index (χ4v) is 0.205. The van der Waals surface area contributed by atoms with Gasteiger partial charge in [-0.3, -0.25) is 0 Å². The van der Waals surface area contributed by atoms with E-state index in [0.29, 0.717) is 5.71 Å². The predicted octanol–water partition coefficient (Wildman–Crippen LogP) is 1.50. The molecule has 2 heteroatoms. The van der Waals surface area contributed by atoms with Gasteiger partial charge in [0.25, 0.3) is 0 Å². The van der Waals surface area contributed by atoms with Crippen molar-refractivity contribution in [3.8, 4) is 6.07 Å². The lowest BCUT2D eigenvalue weighted by Gasteiger charge is -1.88. The quantitative estimate of drug-likeness (QED) is 0.401. The molecule has 0 fully saturated rings. The zero-order chi connectivity index (χ0) is 6.57. The SMILES string of the molecule is CC(=N)/C(C)=C/C#N. The number of nitrogens with zero attached hydrogens (tertiary/aromatic N) is 1. The molecular weight excluding hydrogens is 100 g/mol. The molecule has 0 aromatic heterocycles. The normalized spacial score (nSPS) is 10.4. The van der Waals surface area contributed by atoms with E-state index in [1.54, 1.807) is 13.8 Å². The number of allylic oxidation sites excluding steroid dienone is 2. The summed E-state index contributed by atoms with van der Waals surface area (Å²) in [6, 6.07) is 1.85. The summed E-state index contributed by atoms with van der Waals surface area (Å²) in [4.78, 5) is 0. The topological polar surface area (TPSA) is 47.6 Å². The van der Waals surface area contributed by atoms with Gasteiger partial charge in [0.2, 0.25) is 0 Å². The van der Waals surface area contributed by atoms with Crippen LogP contribution in [0.1, 0.15) is 13.8 Å². The van der Waals surface area contributed by atoms with Crippen molar-refractivity contribution >= 4 is 5.71 Å². The van der Waals surface area contributed by atoms with Crippen LogP contribution in [0.5, 0.6) is 0 Å². The second kappa shape index (κ2) is 2.98. The fraction of sp³-hybridized carbons (Fsp3) is 0.333. The van der Waals surface area contributed by atoms with E-state index in [1.165, 1.54) is 6.08 Å². The lowest BCUT2D eigenvalue weighted by atomic mass is 10.2. The molecule has 0 saturated heterocycles. The summed E-state index contributed by atoms with van der Waals surface area (Å²) in [5, 5.41) is 15.0. The molecule has 0 aromatic rings. The summed E-state index contributed by atoms with van der Waals surface area (Å²) >= 11 is 0. The van der Waals surface area contributed by atoms with E-state index in [4.69, 9.17) is 10.7 Å². The van der Waals surface area contributed by atoms with Crippen LogP contribution in [0.4, 0.5) is 0 Å².